The summed E-state index contributed by atoms with van der Waals surface area (Å²) < 4.78 is 0. The van der Waals surface area contributed by atoms with Crippen LogP contribution in [-0.2, 0) is 4.79 Å². The molecule has 1 unspecified atom stereocenters. The lowest BCUT2D eigenvalue weighted by Gasteiger charge is -2.43. The van der Waals surface area contributed by atoms with E-state index in [4.69, 9.17) is 0 Å². The fourth-order valence-electron chi connectivity index (χ4n) is 5.24. The topological polar surface area (TPSA) is 26.8 Å². The molecule has 148 valence electrons. The minimum absolute atomic E-state index is 0.404. The fraction of sp³-hybridized carbons (Fsp3) is 0.696. The van der Waals surface area contributed by atoms with Gasteiger partial charge in [0.15, 0.2) is 0 Å². The van der Waals surface area contributed by atoms with Crippen molar-refractivity contribution in [3.63, 3.8) is 0 Å². The number of anilines is 1. The largest absolute Gasteiger partial charge is 0.371 e. The molecule has 0 N–H and O–H groups in total. The van der Waals surface area contributed by atoms with Gasteiger partial charge in [-0.15, -0.1) is 0 Å². The molecule has 4 nitrogen and oxygen atoms in total. The van der Waals surface area contributed by atoms with Crippen LogP contribution in [0.25, 0.3) is 0 Å². The molecule has 4 heteroatoms. The second-order valence-electron chi connectivity index (χ2n) is 8.68. The van der Waals surface area contributed by atoms with Gasteiger partial charge in [-0.2, -0.15) is 0 Å². The Labute approximate surface area is 164 Å². The van der Waals surface area contributed by atoms with Gasteiger partial charge in [0.2, 0.25) is 5.91 Å². The van der Waals surface area contributed by atoms with E-state index in [9.17, 15) is 4.79 Å². The van der Waals surface area contributed by atoms with Crippen LogP contribution >= 0.6 is 0 Å². The van der Waals surface area contributed by atoms with Gasteiger partial charge in [0.25, 0.3) is 0 Å². The average Bonchev–Trinajstić information content (AvgIpc) is 3.28. The molecule has 0 aromatic heterocycles. The predicted octanol–water partition coefficient (Wildman–Crippen LogP) is 3.77. The number of carbonyl (C=O) groups excluding carboxylic acids is 1. The summed E-state index contributed by atoms with van der Waals surface area (Å²) in [5.74, 6) is 1.12. The second kappa shape index (κ2) is 9.09. The van der Waals surface area contributed by atoms with E-state index in [1.54, 1.807) is 0 Å². The molecule has 1 aromatic rings. The molecule has 3 saturated heterocycles. The summed E-state index contributed by atoms with van der Waals surface area (Å²) in [6, 6.07) is 11.6. The van der Waals surface area contributed by atoms with Gasteiger partial charge in [0.1, 0.15) is 0 Å². The lowest BCUT2D eigenvalue weighted by molar-refractivity contribution is -0.130. The number of amides is 1. The molecule has 1 amide bonds. The Kier molecular flexibility index (Phi) is 6.33. The quantitative estimate of drug-likeness (QED) is 0.790. The van der Waals surface area contributed by atoms with Crippen molar-refractivity contribution in [3.05, 3.63) is 30.3 Å². The molecule has 0 radical (unpaired) electrons. The van der Waals surface area contributed by atoms with E-state index in [1.807, 2.05) is 0 Å². The van der Waals surface area contributed by atoms with Crippen molar-refractivity contribution < 1.29 is 4.79 Å². The van der Waals surface area contributed by atoms with E-state index in [2.05, 4.69) is 45.0 Å². The van der Waals surface area contributed by atoms with E-state index < -0.39 is 0 Å². The fourth-order valence-corrected chi connectivity index (χ4v) is 5.24. The van der Waals surface area contributed by atoms with Gasteiger partial charge < -0.3 is 9.80 Å². The molecule has 3 aliphatic rings. The molecule has 27 heavy (non-hydrogen) atoms. The maximum absolute atomic E-state index is 12.3. The number of likely N-dealkylation sites (tertiary alicyclic amines) is 2. The molecule has 0 spiro atoms. The number of para-hydroxylation sites is 1. The summed E-state index contributed by atoms with van der Waals surface area (Å²) in [6.45, 7) is 6.80. The summed E-state index contributed by atoms with van der Waals surface area (Å²) in [5.41, 5.74) is 1.37. The Bertz CT molecular complexity index is 591. The third-order valence-electron chi connectivity index (χ3n) is 6.88. The van der Waals surface area contributed by atoms with Gasteiger partial charge in [0, 0.05) is 50.9 Å². The Balaban J connectivity index is 1.22. The van der Waals surface area contributed by atoms with Crippen molar-refractivity contribution in [2.45, 2.75) is 57.4 Å². The number of nitrogens with zero attached hydrogens (tertiary/aromatic N) is 3. The maximum Gasteiger partial charge on any atom is 0.222 e. The van der Waals surface area contributed by atoms with E-state index in [0.717, 1.165) is 37.9 Å². The van der Waals surface area contributed by atoms with E-state index in [-0.39, 0.29) is 0 Å². The molecule has 3 aliphatic heterocycles. The molecule has 0 bridgehead atoms. The van der Waals surface area contributed by atoms with Gasteiger partial charge >= 0.3 is 0 Å². The van der Waals surface area contributed by atoms with Crippen LogP contribution < -0.4 is 4.90 Å². The third-order valence-corrected chi connectivity index (χ3v) is 6.88. The molecule has 3 heterocycles. The van der Waals surface area contributed by atoms with Crippen molar-refractivity contribution in [2.75, 3.05) is 44.2 Å². The standard InChI is InChI=1S/C23H35N3O/c27-23(25-14-4-5-15-25)11-10-20-7-6-16-26(19-20)22-12-17-24(18-13-22)21-8-2-1-3-9-21/h1-3,8-9,20,22H,4-7,10-19H2. The van der Waals surface area contributed by atoms with Gasteiger partial charge in [-0.25, -0.2) is 0 Å². The normalized spacial score (nSPS) is 25.1. The van der Waals surface area contributed by atoms with Crippen molar-refractivity contribution >= 4 is 11.6 Å². The lowest BCUT2D eigenvalue weighted by atomic mass is 9.90. The van der Waals surface area contributed by atoms with Crippen LogP contribution in [0.1, 0.15) is 51.4 Å². The summed E-state index contributed by atoms with van der Waals surface area (Å²) in [7, 11) is 0. The van der Waals surface area contributed by atoms with E-state index >= 15 is 0 Å². The third kappa shape index (κ3) is 4.84. The first kappa shape index (κ1) is 18.8. The van der Waals surface area contributed by atoms with E-state index in [1.165, 1.54) is 70.4 Å². The van der Waals surface area contributed by atoms with Crippen LogP contribution in [0.3, 0.4) is 0 Å². The predicted molar refractivity (Wildman–Crippen MR) is 111 cm³/mol. The zero-order chi connectivity index (χ0) is 18.5. The van der Waals surface area contributed by atoms with Crippen molar-refractivity contribution in [2.24, 2.45) is 5.92 Å². The van der Waals surface area contributed by atoms with Crippen LogP contribution in [0.2, 0.25) is 0 Å². The maximum atomic E-state index is 12.3. The van der Waals surface area contributed by atoms with E-state index in [0.29, 0.717) is 5.91 Å². The summed E-state index contributed by atoms with van der Waals surface area (Å²) >= 11 is 0. The molecule has 4 rings (SSSR count). The molecule has 0 saturated carbocycles. The SMILES string of the molecule is O=C(CCC1CCCN(C2CCN(c3ccccc3)CC2)C1)N1CCCC1. The van der Waals surface area contributed by atoms with Gasteiger partial charge in [-0.1, -0.05) is 18.2 Å². The highest BCUT2D eigenvalue weighted by molar-refractivity contribution is 5.76. The molecule has 0 aliphatic carbocycles. The summed E-state index contributed by atoms with van der Waals surface area (Å²) in [6.07, 6.45) is 9.42. The first-order chi connectivity index (χ1) is 13.3. The molecule has 1 aromatic carbocycles. The molecular formula is C23H35N3O. The minimum atomic E-state index is 0.404. The first-order valence-corrected chi connectivity index (χ1v) is 11.1. The van der Waals surface area contributed by atoms with Crippen LogP contribution in [0.15, 0.2) is 30.3 Å². The lowest BCUT2D eigenvalue weighted by Crippen LogP contribution is -2.48. The molecule has 1 atom stereocenters. The number of hydrogen-bond donors (Lipinski definition) is 0. The van der Waals surface area contributed by atoms with Gasteiger partial charge in [-0.05, 0) is 69.5 Å². The first-order valence-electron chi connectivity index (χ1n) is 11.1. The number of carbonyl (C=O) groups is 1. The Morgan fingerprint density at radius 1 is 0.889 bits per heavy atom. The summed E-state index contributed by atoms with van der Waals surface area (Å²) in [4.78, 5) is 19.7. The second-order valence-corrected chi connectivity index (χ2v) is 8.68. The highest BCUT2D eigenvalue weighted by atomic mass is 16.2. The van der Waals surface area contributed by atoms with Crippen molar-refractivity contribution in [1.29, 1.82) is 0 Å². The zero-order valence-electron chi connectivity index (χ0n) is 16.7. The van der Waals surface area contributed by atoms with Gasteiger partial charge in [-0.3, -0.25) is 9.69 Å². The Morgan fingerprint density at radius 3 is 2.37 bits per heavy atom. The van der Waals surface area contributed by atoms with Crippen LogP contribution in [0.5, 0.6) is 0 Å². The highest BCUT2D eigenvalue weighted by Gasteiger charge is 2.29. The van der Waals surface area contributed by atoms with Crippen LogP contribution in [0, 0.1) is 5.92 Å². The molecular weight excluding hydrogens is 334 g/mol. The van der Waals surface area contributed by atoms with Gasteiger partial charge in [0.05, 0.1) is 0 Å². The highest BCUT2D eigenvalue weighted by Crippen LogP contribution is 2.28. The van der Waals surface area contributed by atoms with Crippen LogP contribution in [0.4, 0.5) is 5.69 Å². The smallest absolute Gasteiger partial charge is 0.222 e. The van der Waals surface area contributed by atoms with Crippen LogP contribution in [-0.4, -0.2) is 61.0 Å². The minimum Gasteiger partial charge on any atom is -0.371 e. The summed E-state index contributed by atoms with van der Waals surface area (Å²) in [5, 5.41) is 0. The number of benzene rings is 1. The number of rotatable bonds is 5. The Hall–Kier alpha value is -1.55. The zero-order valence-corrected chi connectivity index (χ0v) is 16.7. The number of hydrogen-bond acceptors (Lipinski definition) is 3. The monoisotopic (exact) mass is 369 g/mol. The molecule has 3 fully saturated rings. The Morgan fingerprint density at radius 2 is 1.63 bits per heavy atom. The average molecular weight is 370 g/mol. The van der Waals surface area contributed by atoms with Crippen molar-refractivity contribution in [3.8, 4) is 0 Å². The van der Waals surface area contributed by atoms with Crippen molar-refractivity contribution in [1.82, 2.24) is 9.80 Å². The number of piperidine rings is 2.